The number of aromatic nitrogens is 1. The molecule has 0 bridgehead atoms. The Morgan fingerprint density at radius 3 is 1.97 bits per heavy atom. The van der Waals surface area contributed by atoms with Gasteiger partial charge in [-0.1, -0.05) is 70.5 Å². The molecule has 0 aliphatic rings. The Labute approximate surface area is 199 Å². The predicted octanol–water partition coefficient (Wildman–Crippen LogP) is 6.96. The number of halogens is 1. The van der Waals surface area contributed by atoms with Gasteiger partial charge in [0.05, 0.1) is 24.6 Å². The van der Waals surface area contributed by atoms with Crippen molar-refractivity contribution in [3.8, 4) is 28.2 Å². The van der Waals surface area contributed by atoms with Crippen LogP contribution in [0.15, 0.2) is 89.4 Å². The molecule has 0 aliphatic carbocycles. The molecule has 4 aromatic rings. The van der Waals surface area contributed by atoms with Crippen LogP contribution in [0.25, 0.3) is 28.2 Å². The SMILES string of the molecule is Cc1ccccc1-n1c(-c2ccc(Br)cc2)ccc1-c1ccc(COCCN(C)C)cc1. The first-order valence-corrected chi connectivity index (χ1v) is 11.7. The van der Waals surface area contributed by atoms with Crippen LogP contribution in [0, 0.1) is 6.92 Å². The van der Waals surface area contributed by atoms with Gasteiger partial charge in [0.15, 0.2) is 0 Å². The molecule has 1 aromatic heterocycles. The van der Waals surface area contributed by atoms with Crippen molar-refractivity contribution in [2.75, 3.05) is 27.2 Å². The molecule has 0 N–H and O–H groups in total. The summed E-state index contributed by atoms with van der Waals surface area (Å²) in [6, 6.07) is 30.2. The zero-order valence-electron chi connectivity index (χ0n) is 18.9. The van der Waals surface area contributed by atoms with Crippen LogP contribution in [0.5, 0.6) is 0 Å². The van der Waals surface area contributed by atoms with Gasteiger partial charge in [0.25, 0.3) is 0 Å². The normalized spacial score (nSPS) is 11.3. The fraction of sp³-hybridized carbons (Fsp3) is 0.214. The molecular formula is C28H29BrN2O. The quantitative estimate of drug-likeness (QED) is 0.249. The molecule has 1 heterocycles. The number of ether oxygens (including phenoxy) is 1. The molecule has 0 amide bonds. The molecule has 3 nitrogen and oxygen atoms in total. The molecule has 4 rings (SSSR count). The Morgan fingerprint density at radius 1 is 0.781 bits per heavy atom. The summed E-state index contributed by atoms with van der Waals surface area (Å²) in [6.07, 6.45) is 0. The number of nitrogens with zero attached hydrogens (tertiary/aromatic N) is 2. The van der Waals surface area contributed by atoms with Crippen LogP contribution in [0.1, 0.15) is 11.1 Å². The molecule has 0 saturated heterocycles. The molecule has 0 unspecified atom stereocenters. The highest BCUT2D eigenvalue weighted by Gasteiger charge is 2.15. The molecule has 4 heteroatoms. The van der Waals surface area contributed by atoms with Crippen molar-refractivity contribution >= 4 is 15.9 Å². The number of para-hydroxylation sites is 1. The van der Waals surface area contributed by atoms with Crippen LogP contribution in [0.2, 0.25) is 0 Å². The summed E-state index contributed by atoms with van der Waals surface area (Å²) >= 11 is 3.55. The third-order valence-corrected chi connectivity index (χ3v) is 6.11. The Balaban J connectivity index is 1.68. The number of rotatable bonds is 8. The average Bonchev–Trinajstić information content (AvgIpc) is 3.23. The van der Waals surface area contributed by atoms with Gasteiger partial charge in [0, 0.05) is 16.7 Å². The van der Waals surface area contributed by atoms with Crippen molar-refractivity contribution in [2.24, 2.45) is 0 Å². The van der Waals surface area contributed by atoms with Crippen molar-refractivity contribution in [2.45, 2.75) is 13.5 Å². The highest BCUT2D eigenvalue weighted by molar-refractivity contribution is 9.10. The van der Waals surface area contributed by atoms with Crippen molar-refractivity contribution in [1.29, 1.82) is 0 Å². The molecular weight excluding hydrogens is 460 g/mol. The van der Waals surface area contributed by atoms with Gasteiger partial charge in [0.1, 0.15) is 0 Å². The fourth-order valence-corrected chi connectivity index (χ4v) is 4.06. The van der Waals surface area contributed by atoms with Crippen LogP contribution in [-0.4, -0.2) is 36.7 Å². The molecule has 0 fully saturated rings. The second-order valence-corrected chi connectivity index (χ2v) is 9.20. The van der Waals surface area contributed by atoms with E-state index < -0.39 is 0 Å². The summed E-state index contributed by atoms with van der Waals surface area (Å²) in [5, 5.41) is 0. The van der Waals surface area contributed by atoms with Crippen LogP contribution >= 0.6 is 15.9 Å². The van der Waals surface area contributed by atoms with Crippen molar-refractivity contribution in [3.05, 3.63) is 101 Å². The Morgan fingerprint density at radius 2 is 1.38 bits per heavy atom. The van der Waals surface area contributed by atoms with Gasteiger partial charge in [-0.05, 0) is 73.6 Å². The van der Waals surface area contributed by atoms with Crippen LogP contribution < -0.4 is 0 Å². The van der Waals surface area contributed by atoms with Crippen molar-refractivity contribution < 1.29 is 4.74 Å². The third kappa shape index (κ3) is 5.21. The maximum Gasteiger partial charge on any atom is 0.0717 e. The lowest BCUT2D eigenvalue weighted by Crippen LogP contribution is -2.17. The second kappa shape index (κ2) is 10.3. The van der Waals surface area contributed by atoms with Crippen LogP contribution in [0.4, 0.5) is 0 Å². The number of benzene rings is 3. The zero-order chi connectivity index (χ0) is 22.5. The van der Waals surface area contributed by atoms with E-state index in [9.17, 15) is 0 Å². The topological polar surface area (TPSA) is 17.4 Å². The van der Waals surface area contributed by atoms with Crippen LogP contribution in [-0.2, 0) is 11.3 Å². The van der Waals surface area contributed by atoms with E-state index in [0.717, 1.165) is 17.6 Å². The first-order valence-electron chi connectivity index (χ1n) is 10.9. The maximum absolute atomic E-state index is 5.81. The number of likely N-dealkylation sites (N-methyl/N-ethyl adjacent to an activating group) is 1. The summed E-state index contributed by atoms with van der Waals surface area (Å²) in [6.45, 7) is 4.47. The van der Waals surface area contributed by atoms with Gasteiger partial charge >= 0.3 is 0 Å². The van der Waals surface area contributed by atoms with Gasteiger partial charge in [-0.2, -0.15) is 0 Å². The average molecular weight is 489 g/mol. The maximum atomic E-state index is 5.81. The van der Waals surface area contributed by atoms with E-state index in [1.165, 1.54) is 39.3 Å². The molecule has 0 atom stereocenters. The Kier molecular flexibility index (Phi) is 7.26. The van der Waals surface area contributed by atoms with Gasteiger partial charge in [-0.15, -0.1) is 0 Å². The predicted molar refractivity (Wildman–Crippen MR) is 137 cm³/mol. The minimum atomic E-state index is 0.636. The van der Waals surface area contributed by atoms with Crippen LogP contribution in [0.3, 0.4) is 0 Å². The number of hydrogen-bond acceptors (Lipinski definition) is 2. The summed E-state index contributed by atoms with van der Waals surface area (Å²) in [5.74, 6) is 0. The summed E-state index contributed by atoms with van der Waals surface area (Å²) in [7, 11) is 4.12. The highest BCUT2D eigenvalue weighted by Crippen LogP contribution is 2.34. The van der Waals surface area contributed by atoms with E-state index in [0.29, 0.717) is 6.61 Å². The highest BCUT2D eigenvalue weighted by atomic mass is 79.9. The van der Waals surface area contributed by atoms with Gasteiger partial charge < -0.3 is 14.2 Å². The van der Waals surface area contributed by atoms with Crippen molar-refractivity contribution in [3.63, 3.8) is 0 Å². The monoisotopic (exact) mass is 488 g/mol. The lowest BCUT2D eigenvalue weighted by atomic mass is 10.1. The number of aryl methyl sites for hydroxylation is 1. The van der Waals surface area contributed by atoms with E-state index in [2.05, 4.69) is 131 Å². The molecule has 0 saturated carbocycles. The lowest BCUT2D eigenvalue weighted by molar-refractivity contribution is 0.105. The molecule has 164 valence electrons. The Bertz CT molecular complexity index is 1160. The summed E-state index contributed by atoms with van der Waals surface area (Å²) < 4.78 is 9.25. The fourth-order valence-electron chi connectivity index (χ4n) is 3.79. The zero-order valence-corrected chi connectivity index (χ0v) is 20.5. The first-order chi connectivity index (χ1) is 15.5. The third-order valence-electron chi connectivity index (χ3n) is 5.58. The second-order valence-electron chi connectivity index (χ2n) is 8.29. The molecule has 32 heavy (non-hydrogen) atoms. The largest absolute Gasteiger partial charge is 0.375 e. The minimum absolute atomic E-state index is 0.636. The lowest BCUT2D eigenvalue weighted by Gasteiger charge is -2.17. The van der Waals surface area contributed by atoms with E-state index in [-0.39, 0.29) is 0 Å². The van der Waals surface area contributed by atoms with E-state index in [1.54, 1.807) is 0 Å². The summed E-state index contributed by atoms with van der Waals surface area (Å²) in [4.78, 5) is 2.13. The summed E-state index contributed by atoms with van der Waals surface area (Å²) in [5.41, 5.74) is 8.36. The minimum Gasteiger partial charge on any atom is -0.375 e. The van der Waals surface area contributed by atoms with Gasteiger partial charge in [-0.25, -0.2) is 0 Å². The molecule has 0 spiro atoms. The Hall–Kier alpha value is -2.66. The first kappa shape index (κ1) is 22.5. The smallest absolute Gasteiger partial charge is 0.0717 e. The number of hydrogen-bond donors (Lipinski definition) is 0. The van der Waals surface area contributed by atoms with E-state index >= 15 is 0 Å². The van der Waals surface area contributed by atoms with Gasteiger partial charge in [0.2, 0.25) is 0 Å². The van der Waals surface area contributed by atoms with E-state index in [4.69, 9.17) is 4.74 Å². The molecule has 0 aliphatic heterocycles. The molecule has 0 radical (unpaired) electrons. The van der Waals surface area contributed by atoms with Gasteiger partial charge in [-0.3, -0.25) is 0 Å². The standard InChI is InChI=1S/C28H29BrN2O/c1-21-6-4-5-7-26(21)31-27(16-17-28(31)24-12-14-25(29)15-13-24)23-10-8-22(9-11-23)20-32-19-18-30(2)3/h4-17H,18-20H2,1-3H3. The van der Waals surface area contributed by atoms with Crippen molar-refractivity contribution in [1.82, 2.24) is 9.47 Å². The van der Waals surface area contributed by atoms with E-state index in [1.807, 2.05) is 0 Å². The molecule has 3 aromatic carbocycles.